The molecule has 0 aliphatic carbocycles. The summed E-state index contributed by atoms with van der Waals surface area (Å²) < 4.78 is 6.48. The van der Waals surface area contributed by atoms with E-state index in [1.807, 2.05) is 43.3 Å². The van der Waals surface area contributed by atoms with Gasteiger partial charge in [-0.25, -0.2) is 4.68 Å². The van der Waals surface area contributed by atoms with Gasteiger partial charge in [-0.15, -0.1) is 0 Å². The lowest BCUT2D eigenvalue weighted by Crippen LogP contribution is -2.40. The third-order valence-electron chi connectivity index (χ3n) is 6.87. The Kier molecular flexibility index (Phi) is 7.97. The Morgan fingerprint density at radius 2 is 1.62 bits per heavy atom. The third-order valence-corrected chi connectivity index (χ3v) is 6.87. The second kappa shape index (κ2) is 11.9. The van der Waals surface area contributed by atoms with E-state index in [1.54, 1.807) is 41.3 Å². The van der Waals surface area contributed by atoms with E-state index in [0.717, 1.165) is 10.2 Å². The van der Waals surface area contributed by atoms with Gasteiger partial charge in [-0.05, 0) is 36.2 Å². The number of H-pyrrole nitrogens is 1. The summed E-state index contributed by atoms with van der Waals surface area (Å²) in [5.74, 6) is -0.656. The average molecular weight is 542 g/mol. The standard InChI is InChI=1S/C30H31N5O5/c1-2-23(20-10-5-3-6-11-20)31-25-26(30(39)35(33-28(25)37)21-12-7-4-8-13-21)32-24-15-9-14-22(27(24)36)29(38)34-16-18-40-19-17-34/h3-15,23,31-32,36H,2,16-19H2,1H3,(H,33,37). The predicted octanol–water partition coefficient (Wildman–Crippen LogP) is 4.01. The molecule has 1 saturated heterocycles. The Balaban J connectivity index is 1.59. The van der Waals surface area contributed by atoms with Crippen molar-refractivity contribution >= 4 is 23.0 Å². The van der Waals surface area contributed by atoms with Crippen LogP contribution in [0.1, 0.15) is 35.3 Å². The number of hydrogen-bond donors (Lipinski definition) is 4. The molecule has 1 atom stereocenters. The van der Waals surface area contributed by atoms with Crippen LogP contribution in [0.5, 0.6) is 5.75 Å². The molecule has 10 heteroatoms. The van der Waals surface area contributed by atoms with Gasteiger partial charge >= 0.3 is 0 Å². The van der Waals surface area contributed by atoms with Crippen LogP contribution in [0.25, 0.3) is 5.69 Å². The van der Waals surface area contributed by atoms with Gasteiger partial charge in [0.2, 0.25) is 0 Å². The molecule has 1 unspecified atom stereocenters. The summed E-state index contributed by atoms with van der Waals surface area (Å²) >= 11 is 0. The van der Waals surface area contributed by atoms with E-state index >= 15 is 0 Å². The number of benzene rings is 3. The Labute approximate surface area is 230 Å². The van der Waals surface area contributed by atoms with Crippen molar-refractivity contribution in [3.8, 4) is 11.4 Å². The lowest BCUT2D eigenvalue weighted by molar-refractivity contribution is 0.0301. The second-order valence-electron chi connectivity index (χ2n) is 9.41. The summed E-state index contributed by atoms with van der Waals surface area (Å²) in [4.78, 5) is 42.1. The van der Waals surface area contributed by atoms with Crippen LogP contribution in [-0.4, -0.2) is 52.0 Å². The predicted molar refractivity (Wildman–Crippen MR) is 154 cm³/mol. The fourth-order valence-corrected chi connectivity index (χ4v) is 4.72. The van der Waals surface area contributed by atoms with Crippen molar-refractivity contribution in [1.82, 2.24) is 14.7 Å². The van der Waals surface area contributed by atoms with Gasteiger partial charge < -0.3 is 25.4 Å². The van der Waals surface area contributed by atoms with Crippen LogP contribution in [0.4, 0.5) is 17.1 Å². The highest BCUT2D eigenvalue weighted by molar-refractivity contribution is 5.99. The van der Waals surface area contributed by atoms with E-state index in [1.165, 1.54) is 6.07 Å². The largest absolute Gasteiger partial charge is 0.505 e. The van der Waals surface area contributed by atoms with Crippen molar-refractivity contribution in [2.45, 2.75) is 19.4 Å². The molecule has 1 aliphatic heterocycles. The number of hydrogen-bond acceptors (Lipinski definition) is 7. The summed E-state index contributed by atoms with van der Waals surface area (Å²) in [6.07, 6.45) is 0.638. The van der Waals surface area contributed by atoms with Crippen LogP contribution in [0.3, 0.4) is 0 Å². The molecule has 10 nitrogen and oxygen atoms in total. The molecule has 1 aliphatic rings. The fraction of sp³-hybridized carbons (Fsp3) is 0.233. The topological polar surface area (TPSA) is 129 Å². The molecule has 0 bridgehead atoms. The first-order valence-corrected chi connectivity index (χ1v) is 13.2. The first-order chi connectivity index (χ1) is 19.5. The number of anilines is 3. The van der Waals surface area contributed by atoms with Crippen molar-refractivity contribution in [1.29, 1.82) is 0 Å². The monoisotopic (exact) mass is 541 g/mol. The first kappa shape index (κ1) is 26.8. The molecular weight excluding hydrogens is 510 g/mol. The van der Waals surface area contributed by atoms with Crippen LogP contribution < -0.4 is 21.8 Å². The summed E-state index contributed by atoms with van der Waals surface area (Å²) in [6, 6.07) is 22.8. The molecule has 0 radical (unpaired) electrons. The summed E-state index contributed by atoms with van der Waals surface area (Å²) in [5.41, 5.74) is 0.521. The highest BCUT2D eigenvalue weighted by Crippen LogP contribution is 2.33. The first-order valence-electron chi connectivity index (χ1n) is 13.2. The number of ether oxygens (including phenoxy) is 1. The van der Waals surface area contributed by atoms with Crippen LogP contribution in [0.2, 0.25) is 0 Å². The van der Waals surface area contributed by atoms with Gasteiger partial charge in [0, 0.05) is 13.1 Å². The number of carbonyl (C=O) groups is 1. The third kappa shape index (κ3) is 5.48. The number of amides is 1. The van der Waals surface area contributed by atoms with Crippen LogP contribution in [0, 0.1) is 0 Å². The number of aromatic nitrogens is 2. The molecule has 1 amide bonds. The van der Waals surface area contributed by atoms with Crippen molar-refractivity contribution in [2.24, 2.45) is 0 Å². The van der Waals surface area contributed by atoms with Crippen molar-refractivity contribution in [3.63, 3.8) is 0 Å². The number of carbonyl (C=O) groups excluding carboxylic acids is 1. The van der Waals surface area contributed by atoms with E-state index in [4.69, 9.17) is 4.74 Å². The van der Waals surface area contributed by atoms with Gasteiger partial charge in [-0.1, -0.05) is 61.5 Å². The molecule has 0 saturated carbocycles. The van der Waals surface area contributed by atoms with E-state index < -0.39 is 11.1 Å². The molecular formula is C30H31N5O5. The number of phenols is 1. The highest BCUT2D eigenvalue weighted by atomic mass is 16.5. The minimum absolute atomic E-state index is 0.0252. The number of aromatic hydroxyl groups is 1. The number of nitrogens with zero attached hydrogens (tertiary/aromatic N) is 2. The lowest BCUT2D eigenvalue weighted by Gasteiger charge is -2.27. The lowest BCUT2D eigenvalue weighted by atomic mass is 10.0. The quantitative estimate of drug-likeness (QED) is 0.248. The number of morpholine rings is 1. The molecule has 0 spiro atoms. The van der Waals surface area contributed by atoms with Gasteiger partial charge in [0.15, 0.2) is 5.75 Å². The molecule has 2 heterocycles. The summed E-state index contributed by atoms with van der Waals surface area (Å²) in [7, 11) is 0. The second-order valence-corrected chi connectivity index (χ2v) is 9.41. The number of nitrogens with one attached hydrogen (secondary N) is 3. The van der Waals surface area contributed by atoms with E-state index in [2.05, 4.69) is 15.7 Å². The van der Waals surface area contributed by atoms with E-state index in [0.29, 0.717) is 38.4 Å². The Morgan fingerprint density at radius 3 is 2.30 bits per heavy atom. The number of aromatic amines is 1. The van der Waals surface area contributed by atoms with Gasteiger partial charge in [-0.2, -0.15) is 0 Å². The Bertz CT molecular complexity index is 1590. The molecule has 1 fully saturated rings. The molecule has 4 aromatic rings. The Hall–Kier alpha value is -4.83. The van der Waals surface area contributed by atoms with Crippen molar-refractivity contribution in [3.05, 3.63) is 111 Å². The zero-order valence-corrected chi connectivity index (χ0v) is 22.1. The highest BCUT2D eigenvalue weighted by Gasteiger charge is 2.25. The Morgan fingerprint density at radius 1 is 0.950 bits per heavy atom. The normalized spacial score (nSPS) is 14.0. The molecule has 4 N–H and O–H groups in total. The zero-order chi connectivity index (χ0) is 28.1. The van der Waals surface area contributed by atoms with Crippen LogP contribution in [0.15, 0.2) is 88.5 Å². The summed E-state index contributed by atoms with van der Waals surface area (Å²) in [6.45, 7) is 3.65. The van der Waals surface area contributed by atoms with Gasteiger partial charge in [-0.3, -0.25) is 19.5 Å². The maximum Gasteiger partial charge on any atom is 0.295 e. The van der Waals surface area contributed by atoms with Crippen molar-refractivity contribution in [2.75, 3.05) is 36.9 Å². The van der Waals surface area contributed by atoms with Gasteiger partial charge in [0.25, 0.3) is 17.0 Å². The average Bonchev–Trinajstić information content (AvgIpc) is 3.00. The minimum Gasteiger partial charge on any atom is -0.505 e. The maximum absolute atomic E-state index is 13.9. The number of para-hydroxylation sites is 2. The molecule has 5 rings (SSSR count). The SMILES string of the molecule is CCC(Nc1c(Nc2cccc(C(=O)N3CCOCC3)c2O)c(=O)n(-c2ccccc2)[nH]c1=O)c1ccccc1. The van der Waals surface area contributed by atoms with Crippen LogP contribution >= 0.6 is 0 Å². The molecule has 40 heavy (non-hydrogen) atoms. The fourth-order valence-electron chi connectivity index (χ4n) is 4.72. The molecule has 3 aromatic carbocycles. The minimum atomic E-state index is -0.541. The van der Waals surface area contributed by atoms with E-state index in [-0.39, 0.29) is 40.3 Å². The maximum atomic E-state index is 13.9. The van der Waals surface area contributed by atoms with Crippen LogP contribution in [-0.2, 0) is 4.74 Å². The van der Waals surface area contributed by atoms with Gasteiger partial charge in [0.05, 0.1) is 36.2 Å². The van der Waals surface area contributed by atoms with E-state index in [9.17, 15) is 19.5 Å². The van der Waals surface area contributed by atoms with Gasteiger partial charge in [0.1, 0.15) is 11.4 Å². The number of rotatable bonds is 8. The molecule has 206 valence electrons. The smallest absolute Gasteiger partial charge is 0.295 e. The molecule has 1 aromatic heterocycles. The summed E-state index contributed by atoms with van der Waals surface area (Å²) in [5, 5.41) is 20.0. The van der Waals surface area contributed by atoms with Crippen molar-refractivity contribution < 1.29 is 14.6 Å². The zero-order valence-electron chi connectivity index (χ0n) is 22.1. The number of phenolic OH excluding ortho intramolecular Hbond substituents is 1.